The first-order chi connectivity index (χ1) is 15.6. The Morgan fingerprint density at radius 2 is 1.84 bits per heavy atom. The molecule has 1 unspecified atom stereocenters. The van der Waals surface area contributed by atoms with Crippen LogP contribution in [0.2, 0.25) is 0 Å². The largest absolute Gasteiger partial charge is 0.497 e. The number of carbonyl (C=O) groups excluding carboxylic acids is 1. The molecule has 2 fully saturated rings. The van der Waals surface area contributed by atoms with Gasteiger partial charge in [0.1, 0.15) is 23.9 Å². The summed E-state index contributed by atoms with van der Waals surface area (Å²) in [5, 5.41) is 0. The van der Waals surface area contributed by atoms with Crippen molar-refractivity contribution < 1.29 is 19.0 Å². The highest BCUT2D eigenvalue weighted by molar-refractivity contribution is 5.69. The Balaban J connectivity index is 1.31. The fraction of sp³-hybridized carbons (Fsp3) is 0.480. The molecule has 3 heterocycles. The van der Waals surface area contributed by atoms with Gasteiger partial charge < -0.3 is 19.1 Å². The molecule has 0 spiro atoms. The third-order valence-corrected chi connectivity index (χ3v) is 6.81. The number of aryl methyl sites for hydroxylation is 1. The summed E-state index contributed by atoms with van der Waals surface area (Å²) in [5.41, 5.74) is 3.71. The molecule has 0 saturated carbocycles. The van der Waals surface area contributed by atoms with Crippen molar-refractivity contribution >= 4 is 6.09 Å². The third kappa shape index (κ3) is 4.27. The molecule has 3 aliphatic rings. The van der Waals surface area contributed by atoms with Gasteiger partial charge in [-0.05, 0) is 31.0 Å². The van der Waals surface area contributed by atoms with E-state index in [1.165, 1.54) is 16.7 Å². The Hall–Kier alpha value is -2.77. The number of carbonyl (C=O) groups is 1. The van der Waals surface area contributed by atoms with Crippen LogP contribution in [-0.2, 0) is 11.2 Å². The molecule has 0 N–H and O–H groups in total. The molecule has 1 amide bonds. The highest BCUT2D eigenvalue weighted by Crippen LogP contribution is 2.42. The van der Waals surface area contributed by atoms with Crippen molar-refractivity contribution in [2.24, 2.45) is 0 Å². The highest BCUT2D eigenvalue weighted by Gasteiger charge is 2.31. The fourth-order valence-corrected chi connectivity index (χ4v) is 4.90. The van der Waals surface area contributed by atoms with E-state index < -0.39 is 0 Å². The van der Waals surface area contributed by atoms with E-state index >= 15 is 0 Å². The molecule has 0 bridgehead atoms. The highest BCUT2D eigenvalue weighted by atomic mass is 16.6. The van der Waals surface area contributed by atoms with Gasteiger partial charge in [-0.1, -0.05) is 23.8 Å². The lowest BCUT2D eigenvalue weighted by atomic mass is 9.95. The topological polar surface area (TPSA) is 54.5 Å². The normalized spacial score (nSPS) is 21.4. The maximum atomic E-state index is 11.7. The van der Waals surface area contributed by atoms with Crippen molar-refractivity contribution in [3.63, 3.8) is 0 Å². The predicted molar refractivity (Wildman–Crippen MR) is 122 cm³/mol. The summed E-state index contributed by atoms with van der Waals surface area (Å²) in [6, 6.07) is 12.9. The minimum Gasteiger partial charge on any atom is -0.497 e. The van der Waals surface area contributed by atoms with Gasteiger partial charge in [0, 0.05) is 56.9 Å². The molecule has 2 aromatic rings. The van der Waals surface area contributed by atoms with Crippen molar-refractivity contribution in [3.8, 4) is 17.2 Å². The van der Waals surface area contributed by atoms with Gasteiger partial charge in [-0.25, -0.2) is 4.79 Å². The lowest BCUT2D eigenvalue weighted by Crippen LogP contribution is -2.49. The van der Waals surface area contributed by atoms with Crippen LogP contribution in [0, 0.1) is 6.92 Å². The van der Waals surface area contributed by atoms with Crippen LogP contribution >= 0.6 is 0 Å². The molecule has 5 rings (SSSR count). The molecular weight excluding hydrogens is 406 g/mol. The maximum Gasteiger partial charge on any atom is 0.409 e. The number of fused-ring (bicyclic) bond motifs is 2. The van der Waals surface area contributed by atoms with Crippen molar-refractivity contribution in [2.75, 3.05) is 59.5 Å². The van der Waals surface area contributed by atoms with Gasteiger partial charge in [-0.3, -0.25) is 9.80 Å². The number of rotatable bonds is 5. The number of ether oxygens (including phenoxy) is 3. The Morgan fingerprint density at radius 1 is 1.00 bits per heavy atom. The summed E-state index contributed by atoms with van der Waals surface area (Å²) in [6.45, 7) is 8.99. The summed E-state index contributed by atoms with van der Waals surface area (Å²) in [5.74, 6) is 2.63. The molecule has 2 saturated heterocycles. The number of piperazine rings is 1. The number of benzene rings is 2. The predicted octanol–water partition coefficient (Wildman–Crippen LogP) is 3.46. The fourth-order valence-electron chi connectivity index (χ4n) is 4.90. The zero-order valence-corrected chi connectivity index (χ0v) is 18.9. The lowest BCUT2D eigenvalue weighted by Gasteiger charge is -2.39. The van der Waals surface area contributed by atoms with Crippen LogP contribution in [-0.4, -0.2) is 80.3 Å². The van der Waals surface area contributed by atoms with Crippen LogP contribution in [0.5, 0.6) is 17.2 Å². The number of amides is 1. The van der Waals surface area contributed by atoms with Crippen LogP contribution in [0.1, 0.15) is 22.7 Å². The molecule has 1 atom stereocenters. The standard InChI is InChI=1S/C25H31N3O4/c1-18-3-6-23-21(15-18)22(16-19-4-5-20(30-2)17-24(19)32-23)27-10-7-26(8-11-27)9-12-28-13-14-31-25(28)29/h3-6,15,17,22H,7-14,16H2,1-2H3. The van der Waals surface area contributed by atoms with Gasteiger partial charge in [0.15, 0.2) is 0 Å². The van der Waals surface area contributed by atoms with E-state index in [1.807, 2.05) is 12.1 Å². The van der Waals surface area contributed by atoms with Crippen LogP contribution in [0.4, 0.5) is 4.79 Å². The number of methoxy groups -OCH3 is 1. The molecule has 32 heavy (non-hydrogen) atoms. The molecule has 0 aliphatic carbocycles. The first kappa shape index (κ1) is 21.1. The van der Waals surface area contributed by atoms with Crippen molar-refractivity contribution in [1.82, 2.24) is 14.7 Å². The second kappa shape index (κ2) is 9.00. The van der Waals surface area contributed by atoms with Crippen molar-refractivity contribution in [2.45, 2.75) is 19.4 Å². The maximum absolute atomic E-state index is 11.7. The van der Waals surface area contributed by atoms with Gasteiger partial charge in [-0.2, -0.15) is 0 Å². The second-order valence-corrected chi connectivity index (χ2v) is 8.82. The van der Waals surface area contributed by atoms with E-state index in [1.54, 1.807) is 12.0 Å². The smallest absolute Gasteiger partial charge is 0.409 e. The van der Waals surface area contributed by atoms with E-state index in [-0.39, 0.29) is 12.1 Å². The van der Waals surface area contributed by atoms with Crippen molar-refractivity contribution in [1.29, 1.82) is 0 Å². The third-order valence-electron chi connectivity index (χ3n) is 6.81. The Kier molecular flexibility index (Phi) is 5.93. The van der Waals surface area contributed by atoms with E-state index in [0.29, 0.717) is 13.2 Å². The first-order valence-corrected chi connectivity index (χ1v) is 11.4. The first-order valence-electron chi connectivity index (χ1n) is 11.4. The average molecular weight is 438 g/mol. The van der Waals surface area contributed by atoms with E-state index in [4.69, 9.17) is 14.2 Å². The van der Waals surface area contributed by atoms with Crippen LogP contribution in [0.25, 0.3) is 0 Å². The second-order valence-electron chi connectivity index (χ2n) is 8.82. The molecule has 2 aromatic carbocycles. The van der Waals surface area contributed by atoms with Gasteiger partial charge in [-0.15, -0.1) is 0 Å². The molecule has 3 aliphatic heterocycles. The zero-order chi connectivity index (χ0) is 22.1. The van der Waals surface area contributed by atoms with E-state index in [2.05, 4.69) is 41.0 Å². The minimum atomic E-state index is -0.177. The van der Waals surface area contributed by atoms with Gasteiger partial charge in [0.25, 0.3) is 0 Å². The number of hydrogen-bond donors (Lipinski definition) is 0. The molecule has 170 valence electrons. The number of hydrogen-bond acceptors (Lipinski definition) is 6. The van der Waals surface area contributed by atoms with Crippen LogP contribution in [0.3, 0.4) is 0 Å². The lowest BCUT2D eigenvalue weighted by molar-refractivity contribution is 0.0898. The Bertz CT molecular complexity index is 987. The molecule has 7 heteroatoms. The number of cyclic esters (lactones) is 1. The molecule has 7 nitrogen and oxygen atoms in total. The number of nitrogens with zero attached hydrogens (tertiary/aromatic N) is 3. The van der Waals surface area contributed by atoms with Crippen LogP contribution < -0.4 is 9.47 Å². The Morgan fingerprint density at radius 3 is 2.59 bits per heavy atom. The monoisotopic (exact) mass is 437 g/mol. The summed E-state index contributed by atoms with van der Waals surface area (Å²) in [4.78, 5) is 18.5. The van der Waals surface area contributed by atoms with E-state index in [0.717, 1.165) is 62.9 Å². The molecule has 0 radical (unpaired) electrons. The summed E-state index contributed by atoms with van der Waals surface area (Å²) >= 11 is 0. The summed E-state index contributed by atoms with van der Waals surface area (Å²) in [6.07, 6.45) is 0.736. The zero-order valence-electron chi connectivity index (χ0n) is 18.9. The summed E-state index contributed by atoms with van der Waals surface area (Å²) in [7, 11) is 1.69. The van der Waals surface area contributed by atoms with E-state index in [9.17, 15) is 4.79 Å². The molecular formula is C25H31N3O4. The Labute approximate surface area is 189 Å². The minimum absolute atomic E-state index is 0.177. The average Bonchev–Trinajstić information content (AvgIpc) is 3.15. The van der Waals surface area contributed by atoms with Gasteiger partial charge >= 0.3 is 6.09 Å². The van der Waals surface area contributed by atoms with Gasteiger partial charge in [0.05, 0.1) is 13.7 Å². The van der Waals surface area contributed by atoms with Gasteiger partial charge in [0.2, 0.25) is 0 Å². The SMILES string of the molecule is COc1ccc2c(c1)Oc1ccc(C)cc1C(N1CCN(CCN3CCOC3=O)CC1)C2. The summed E-state index contributed by atoms with van der Waals surface area (Å²) < 4.78 is 16.8. The van der Waals surface area contributed by atoms with Crippen molar-refractivity contribution in [3.05, 3.63) is 53.1 Å². The van der Waals surface area contributed by atoms with Crippen LogP contribution in [0.15, 0.2) is 36.4 Å². The quantitative estimate of drug-likeness (QED) is 0.714. The molecule has 0 aromatic heterocycles.